The van der Waals surface area contributed by atoms with Crippen molar-refractivity contribution < 1.29 is 8.91 Å². The lowest BCUT2D eigenvalue weighted by atomic mass is 10.1. The minimum absolute atomic E-state index is 0.289. The highest BCUT2D eigenvalue weighted by atomic mass is 79.9. The number of rotatable bonds is 3. The van der Waals surface area contributed by atoms with Gasteiger partial charge >= 0.3 is 0 Å². The van der Waals surface area contributed by atoms with Gasteiger partial charge in [-0.2, -0.15) is 4.98 Å². The van der Waals surface area contributed by atoms with E-state index in [4.69, 9.17) is 10.3 Å². The summed E-state index contributed by atoms with van der Waals surface area (Å²) in [5.74, 6) is 0.214. The van der Waals surface area contributed by atoms with E-state index < -0.39 is 6.04 Å². The van der Waals surface area contributed by atoms with Crippen LogP contribution in [0.25, 0.3) is 11.4 Å². The van der Waals surface area contributed by atoms with Crippen LogP contribution in [0.1, 0.15) is 17.5 Å². The van der Waals surface area contributed by atoms with Crippen LogP contribution in [0.15, 0.2) is 57.5 Å². The van der Waals surface area contributed by atoms with Crippen LogP contribution in [-0.4, -0.2) is 10.1 Å². The Morgan fingerprint density at radius 3 is 2.62 bits per heavy atom. The van der Waals surface area contributed by atoms with Crippen molar-refractivity contribution in [3.63, 3.8) is 0 Å². The first-order chi connectivity index (χ1) is 10.1. The second kappa shape index (κ2) is 5.75. The van der Waals surface area contributed by atoms with E-state index in [-0.39, 0.29) is 11.7 Å². The zero-order chi connectivity index (χ0) is 14.8. The van der Waals surface area contributed by atoms with Gasteiger partial charge in [-0.3, -0.25) is 0 Å². The maximum atomic E-state index is 13.4. The van der Waals surface area contributed by atoms with Crippen LogP contribution in [0.3, 0.4) is 0 Å². The molecule has 0 saturated carbocycles. The molecule has 0 fully saturated rings. The Morgan fingerprint density at radius 1 is 1.14 bits per heavy atom. The lowest BCUT2D eigenvalue weighted by molar-refractivity contribution is 0.367. The fourth-order valence-corrected chi connectivity index (χ4v) is 2.43. The maximum Gasteiger partial charge on any atom is 0.248 e. The van der Waals surface area contributed by atoms with Gasteiger partial charge < -0.3 is 10.3 Å². The molecule has 2 N–H and O–H groups in total. The molecule has 1 atom stereocenters. The van der Waals surface area contributed by atoms with Crippen LogP contribution in [0.5, 0.6) is 0 Å². The molecule has 21 heavy (non-hydrogen) atoms. The molecule has 0 saturated heterocycles. The van der Waals surface area contributed by atoms with Gasteiger partial charge in [0, 0.05) is 10.0 Å². The number of halogens is 2. The first-order valence-electron chi connectivity index (χ1n) is 6.24. The predicted molar refractivity (Wildman–Crippen MR) is 79.9 cm³/mol. The van der Waals surface area contributed by atoms with Crippen LogP contribution < -0.4 is 5.73 Å². The van der Waals surface area contributed by atoms with E-state index in [9.17, 15) is 4.39 Å². The number of nitrogens with zero attached hydrogens (tertiary/aromatic N) is 2. The minimum Gasteiger partial charge on any atom is -0.337 e. The third-order valence-corrected chi connectivity index (χ3v) is 3.45. The number of hydrogen-bond donors (Lipinski definition) is 1. The Kier molecular flexibility index (Phi) is 3.81. The first-order valence-corrected chi connectivity index (χ1v) is 7.03. The third-order valence-electron chi connectivity index (χ3n) is 2.99. The molecule has 2 aromatic carbocycles. The Hall–Kier alpha value is -2.05. The molecule has 0 aliphatic heterocycles. The zero-order valence-electron chi connectivity index (χ0n) is 10.8. The molecule has 0 aliphatic rings. The summed E-state index contributed by atoms with van der Waals surface area (Å²) in [6.07, 6.45) is 0. The topological polar surface area (TPSA) is 64.9 Å². The molecular weight excluding hydrogens is 337 g/mol. The summed E-state index contributed by atoms with van der Waals surface area (Å²) >= 11 is 3.23. The van der Waals surface area contributed by atoms with Gasteiger partial charge in [0.05, 0.1) is 0 Å². The fraction of sp³-hybridized carbons (Fsp3) is 0.0667. The lowest BCUT2D eigenvalue weighted by Gasteiger charge is -2.05. The van der Waals surface area contributed by atoms with Crippen molar-refractivity contribution >= 4 is 15.9 Å². The molecule has 6 heteroatoms. The smallest absolute Gasteiger partial charge is 0.248 e. The van der Waals surface area contributed by atoms with Crippen LogP contribution in [-0.2, 0) is 0 Å². The Morgan fingerprint density at radius 2 is 1.90 bits per heavy atom. The van der Waals surface area contributed by atoms with E-state index in [1.165, 1.54) is 12.1 Å². The second-order valence-corrected chi connectivity index (χ2v) is 5.42. The molecule has 3 rings (SSSR count). The maximum absolute atomic E-state index is 13.4. The summed E-state index contributed by atoms with van der Waals surface area (Å²) in [5.41, 5.74) is 7.48. The van der Waals surface area contributed by atoms with Gasteiger partial charge in [0.2, 0.25) is 11.7 Å². The van der Waals surface area contributed by atoms with Gasteiger partial charge in [0.25, 0.3) is 0 Å². The van der Waals surface area contributed by atoms with E-state index in [0.717, 1.165) is 5.56 Å². The highest BCUT2D eigenvalue weighted by Crippen LogP contribution is 2.25. The number of aromatic nitrogens is 2. The zero-order valence-corrected chi connectivity index (χ0v) is 12.4. The molecule has 0 aliphatic carbocycles. The first kappa shape index (κ1) is 13.9. The summed E-state index contributed by atoms with van der Waals surface area (Å²) in [6.45, 7) is 0. The van der Waals surface area contributed by atoms with Crippen LogP contribution in [0, 0.1) is 5.82 Å². The van der Waals surface area contributed by atoms with E-state index in [1.54, 1.807) is 6.07 Å². The molecule has 1 aromatic heterocycles. The molecule has 1 heterocycles. The van der Waals surface area contributed by atoms with Gasteiger partial charge in [0.15, 0.2) is 0 Å². The molecule has 0 unspecified atom stereocenters. The summed E-state index contributed by atoms with van der Waals surface area (Å²) in [4.78, 5) is 4.25. The van der Waals surface area contributed by atoms with Crippen molar-refractivity contribution in [2.24, 2.45) is 5.73 Å². The highest BCUT2D eigenvalue weighted by Gasteiger charge is 2.17. The third kappa shape index (κ3) is 3.01. The van der Waals surface area contributed by atoms with E-state index >= 15 is 0 Å². The van der Waals surface area contributed by atoms with Gasteiger partial charge in [-0.15, -0.1) is 0 Å². The number of hydrogen-bond acceptors (Lipinski definition) is 4. The quantitative estimate of drug-likeness (QED) is 0.784. The standard InChI is InChI=1S/C15H11BrFN3O/c16-11-6-10(7-12(17)8-11)14-19-15(21-20-14)13(18)9-4-2-1-3-5-9/h1-8,13H,18H2/t13-/m1/s1. The molecule has 0 bridgehead atoms. The second-order valence-electron chi connectivity index (χ2n) is 4.50. The van der Waals surface area contributed by atoms with Crippen molar-refractivity contribution in [1.29, 1.82) is 0 Å². The minimum atomic E-state index is -0.510. The van der Waals surface area contributed by atoms with Gasteiger partial charge in [-0.05, 0) is 23.8 Å². The Labute approximate surface area is 128 Å². The average molecular weight is 348 g/mol. The van der Waals surface area contributed by atoms with E-state index in [0.29, 0.717) is 15.9 Å². The molecule has 0 amide bonds. The number of nitrogens with two attached hydrogens (primary N) is 1. The van der Waals surface area contributed by atoms with Gasteiger partial charge in [0.1, 0.15) is 11.9 Å². The van der Waals surface area contributed by atoms with Crippen LogP contribution in [0.2, 0.25) is 0 Å². The SMILES string of the molecule is N[C@H](c1ccccc1)c1nc(-c2cc(F)cc(Br)c2)no1. The van der Waals surface area contributed by atoms with Gasteiger partial charge in [-0.25, -0.2) is 4.39 Å². The average Bonchev–Trinajstić information content (AvgIpc) is 2.96. The summed E-state index contributed by atoms with van der Waals surface area (Å²) < 4.78 is 19.2. The van der Waals surface area contributed by atoms with Crippen LogP contribution in [0.4, 0.5) is 4.39 Å². The predicted octanol–water partition coefficient (Wildman–Crippen LogP) is 3.69. The Bertz CT molecular complexity index is 740. The highest BCUT2D eigenvalue weighted by molar-refractivity contribution is 9.10. The van der Waals surface area contributed by atoms with Gasteiger partial charge in [-0.1, -0.05) is 51.4 Å². The summed E-state index contributed by atoms with van der Waals surface area (Å²) in [6, 6.07) is 13.3. The van der Waals surface area contributed by atoms with Crippen LogP contribution >= 0.6 is 15.9 Å². The largest absolute Gasteiger partial charge is 0.337 e. The molecule has 0 radical (unpaired) electrons. The molecule has 106 valence electrons. The molecule has 3 aromatic rings. The van der Waals surface area contributed by atoms with Crippen molar-refractivity contribution in [2.75, 3.05) is 0 Å². The normalized spacial score (nSPS) is 12.3. The fourth-order valence-electron chi connectivity index (χ4n) is 1.96. The number of benzene rings is 2. The van der Waals surface area contributed by atoms with Crippen molar-refractivity contribution in [2.45, 2.75) is 6.04 Å². The molecule has 4 nitrogen and oxygen atoms in total. The molecule has 0 spiro atoms. The Balaban J connectivity index is 1.93. The summed E-state index contributed by atoms with van der Waals surface area (Å²) in [5, 5.41) is 3.86. The van der Waals surface area contributed by atoms with Crippen molar-refractivity contribution in [3.8, 4) is 11.4 Å². The molecular formula is C15H11BrFN3O. The summed E-state index contributed by atoms with van der Waals surface area (Å²) in [7, 11) is 0. The van der Waals surface area contributed by atoms with E-state index in [1.807, 2.05) is 30.3 Å². The van der Waals surface area contributed by atoms with Crippen molar-refractivity contribution in [3.05, 3.63) is 70.3 Å². The monoisotopic (exact) mass is 347 g/mol. The lowest BCUT2D eigenvalue weighted by Crippen LogP contribution is -2.11. The van der Waals surface area contributed by atoms with E-state index in [2.05, 4.69) is 26.1 Å². The van der Waals surface area contributed by atoms with Crippen molar-refractivity contribution in [1.82, 2.24) is 10.1 Å².